The van der Waals surface area contributed by atoms with E-state index in [1.54, 1.807) is 6.92 Å². The summed E-state index contributed by atoms with van der Waals surface area (Å²) in [6, 6.07) is 19.6. The zero-order valence-corrected chi connectivity index (χ0v) is 16.8. The Bertz CT molecular complexity index is 946. The maximum atomic E-state index is 12.6. The molecule has 0 bridgehead atoms. The third-order valence-electron chi connectivity index (χ3n) is 4.32. The van der Waals surface area contributed by atoms with Gasteiger partial charge in [-0.2, -0.15) is 0 Å². The van der Waals surface area contributed by atoms with Crippen LogP contribution in [0.15, 0.2) is 60.7 Å². The lowest BCUT2D eigenvalue weighted by molar-refractivity contribution is -0.115. The number of carbonyl (C=O) groups is 2. The first-order chi connectivity index (χ1) is 13.6. The van der Waals surface area contributed by atoms with E-state index in [1.807, 2.05) is 60.7 Å². The van der Waals surface area contributed by atoms with Crippen molar-refractivity contribution in [1.82, 2.24) is 0 Å². The van der Waals surface area contributed by atoms with Gasteiger partial charge in [0.25, 0.3) is 0 Å². The van der Waals surface area contributed by atoms with Crippen LogP contribution in [0.25, 0.3) is 10.4 Å². The summed E-state index contributed by atoms with van der Waals surface area (Å²) < 4.78 is 5.16. The molecule has 1 aromatic heterocycles. The van der Waals surface area contributed by atoms with Gasteiger partial charge in [-0.25, -0.2) is 4.79 Å². The molecule has 144 valence electrons. The highest BCUT2D eigenvalue weighted by Gasteiger charge is 2.20. The normalized spacial score (nSPS) is 10.5. The Balaban J connectivity index is 1.81. The average Bonchev–Trinajstić information content (AvgIpc) is 3.13. The first-order valence-corrected chi connectivity index (χ1v) is 10.2. The highest BCUT2D eigenvalue weighted by atomic mass is 32.1. The van der Waals surface area contributed by atoms with Crippen LogP contribution < -0.4 is 5.32 Å². The van der Waals surface area contributed by atoms with Crippen LogP contribution in [0.5, 0.6) is 0 Å². The predicted molar refractivity (Wildman–Crippen MR) is 114 cm³/mol. The summed E-state index contributed by atoms with van der Waals surface area (Å²) in [4.78, 5) is 26.2. The Labute approximate surface area is 169 Å². The molecular formula is C23H23NO3S. The maximum Gasteiger partial charge on any atom is 0.350 e. The number of rotatable bonds is 7. The monoisotopic (exact) mass is 393 g/mol. The van der Waals surface area contributed by atoms with Crippen LogP contribution >= 0.6 is 11.3 Å². The summed E-state index contributed by atoms with van der Waals surface area (Å²) in [6.07, 6.45) is 1.22. The zero-order valence-electron chi connectivity index (χ0n) is 16.0. The van der Waals surface area contributed by atoms with Gasteiger partial charge in [-0.3, -0.25) is 4.79 Å². The maximum absolute atomic E-state index is 12.6. The Morgan fingerprint density at radius 3 is 2.29 bits per heavy atom. The molecular weight excluding hydrogens is 370 g/mol. The van der Waals surface area contributed by atoms with E-state index in [9.17, 15) is 9.59 Å². The minimum atomic E-state index is -0.419. The fourth-order valence-corrected chi connectivity index (χ4v) is 3.86. The van der Waals surface area contributed by atoms with Crippen molar-refractivity contribution in [2.45, 2.75) is 26.7 Å². The predicted octanol–water partition coefficient (Wildman–Crippen LogP) is 5.34. The van der Waals surface area contributed by atoms with Gasteiger partial charge in [0.1, 0.15) is 4.88 Å². The number of amides is 1. The number of anilines is 1. The molecule has 4 nitrogen and oxygen atoms in total. The van der Waals surface area contributed by atoms with E-state index in [-0.39, 0.29) is 18.9 Å². The second-order valence-corrected chi connectivity index (χ2v) is 7.39. The Hall–Kier alpha value is -2.92. The van der Waals surface area contributed by atoms with Crippen LogP contribution in [-0.2, 0) is 22.4 Å². The molecule has 0 unspecified atom stereocenters. The number of benzene rings is 2. The molecule has 28 heavy (non-hydrogen) atoms. The smallest absolute Gasteiger partial charge is 0.350 e. The van der Waals surface area contributed by atoms with Gasteiger partial charge < -0.3 is 10.1 Å². The summed E-state index contributed by atoms with van der Waals surface area (Å²) in [5.41, 5.74) is 3.66. The highest BCUT2D eigenvalue weighted by Crippen LogP contribution is 2.35. The van der Waals surface area contributed by atoms with Gasteiger partial charge in [-0.05, 0) is 36.1 Å². The van der Waals surface area contributed by atoms with E-state index >= 15 is 0 Å². The standard InChI is InChI=1S/C23H23NO3S/c1-3-16-10-12-17(13-11-16)14-21(25)24-19-15-20(18-8-6-5-7-9-18)28-22(19)23(26)27-4-2/h5-13,15H,3-4,14H2,1-2H3,(H,24,25). The number of aryl methyl sites for hydroxylation is 1. The van der Waals surface area contributed by atoms with Gasteiger partial charge in [0.05, 0.1) is 18.7 Å². The largest absolute Gasteiger partial charge is 0.462 e. The summed E-state index contributed by atoms with van der Waals surface area (Å²) in [5, 5.41) is 2.89. The molecule has 0 atom stereocenters. The lowest BCUT2D eigenvalue weighted by Gasteiger charge is -2.07. The lowest BCUT2D eigenvalue weighted by Crippen LogP contribution is -2.16. The van der Waals surface area contributed by atoms with Crippen molar-refractivity contribution in [3.8, 4) is 10.4 Å². The Morgan fingerprint density at radius 1 is 0.964 bits per heavy atom. The van der Waals surface area contributed by atoms with Crippen molar-refractivity contribution in [2.75, 3.05) is 11.9 Å². The molecule has 0 aliphatic carbocycles. The first kappa shape index (κ1) is 19.8. The average molecular weight is 394 g/mol. The molecule has 3 aromatic rings. The number of thiophene rings is 1. The van der Waals surface area contributed by atoms with Crippen molar-refractivity contribution < 1.29 is 14.3 Å². The molecule has 5 heteroatoms. The van der Waals surface area contributed by atoms with E-state index in [1.165, 1.54) is 16.9 Å². The fraction of sp³-hybridized carbons (Fsp3) is 0.217. The van der Waals surface area contributed by atoms with E-state index < -0.39 is 5.97 Å². The van der Waals surface area contributed by atoms with Crippen LogP contribution in [0.2, 0.25) is 0 Å². The van der Waals surface area contributed by atoms with Gasteiger partial charge in [0.15, 0.2) is 0 Å². The molecule has 0 radical (unpaired) electrons. The summed E-state index contributed by atoms with van der Waals surface area (Å²) in [7, 11) is 0. The van der Waals surface area contributed by atoms with Gasteiger partial charge in [0.2, 0.25) is 5.91 Å². The molecule has 1 N–H and O–H groups in total. The minimum absolute atomic E-state index is 0.160. The molecule has 3 rings (SSSR count). The van der Waals surface area contributed by atoms with Crippen LogP contribution in [0.3, 0.4) is 0 Å². The van der Waals surface area contributed by atoms with Gasteiger partial charge in [-0.15, -0.1) is 11.3 Å². The van der Waals surface area contributed by atoms with E-state index in [2.05, 4.69) is 12.2 Å². The van der Waals surface area contributed by atoms with Crippen molar-refractivity contribution in [3.63, 3.8) is 0 Å². The molecule has 0 aliphatic rings. The SMILES string of the molecule is CCOC(=O)c1sc(-c2ccccc2)cc1NC(=O)Cc1ccc(CC)cc1. The van der Waals surface area contributed by atoms with Crippen molar-refractivity contribution in [3.05, 3.63) is 76.7 Å². The third-order valence-corrected chi connectivity index (χ3v) is 5.49. The van der Waals surface area contributed by atoms with Crippen LogP contribution in [0.4, 0.5) is 5.69 Å². The van der Waals surface area contributed by atoms with E-state index in [4.69, 9.17) is 4.74 Å². The molecule has 0 aliphatic heterocycles. The minimum Gasteiger partial charge on any atom is -0.462 e. The second kappa shape index (κ2) is 9.33. The van der Waals surface area contributed by atoms with E-state index in [0.717, 1.165) is 22.4 Å². The first-order valence-electron chi connectivity index (χ1n) is 9.34. The zero-order chi connectivity index (χ0) is 19.9. The molecule has 0 fully saturated rings. The van der Waals surface area contributed by atoms with Crippen molar-refractivity contribution >= 4 is 28.9 Å². The number of carbonyl (C=O) groups excluding carboxylic acids is 2. The van der Waals surface area contributed by atoms with Crippen LogP contribution in [0.1, 0.15) is 34.6 Å². The fourth-order valence-electron chi connectivity index (χ4n) is 2.85. The number of hydrogen-bond acceptors (Lipinski definition) is 4. The second-order valence-electron chi connectivity index (χ2n) is 6.33. The molecule has 1 heterocycles. The van der Waals surface area contributed by atoms with Crippen molar-refractivity contribution in [2.24, 2.45) is 0 Å². The van der Waals surface area contributed by atoms with E-state index in [0.29, 0.717) is 10.6 Å². The molecule has 2 aromatic carbocycles. The summed E-state index contributed by atoms with van der Waals surface area (Å²) >= 11 is 1.32. The van der Waals surface area contributed by atoms with Gasteiger partial charge in [0, 0.05) is 4.88 Å². The highest BCUT2D eigenvalue weighted by molar-refractivity contribution is 7.18. The lowest BCUT2D eigenvalue weighted by atomic mass is 10.1. The third kappa shape index (κ3) is 4.87. The molecule has 1 amide bonds. The number of ether oxygens (including phenoxy) is 1. The number of nitrogens with one attached hydrogen (secondary N) is 1. The van der Waals surface area contributed by atoms with Crippen LogP contribution in [0, 0.1) is 0 Å². The number of hydrogen-bond donors (Lipinski definition) is 1. The quantitative estimate of drug-likeness (QED) is 0.552. The molecule has 0 saturated carbocycles. The summed E-state index contributed by atoms with van der Waals surface area (Å²) in [5.74, 6) is -0.579. The van der Waals surface area contributed by atoms with Crippen LogP contribution in [-0.4, -0.2) is 18.5 Å². The van der Waals surface area contributed by atoms with Crippen molar-refractivity contribution in [1.29, 1.82) is 0 Å². The van der Waals surface area contributed by atoms with Gasteiger partial charge in [-0.1, -0.05) is 61.5 Å². The summed E-state index contributed by atoms with van der Waals surface area (Å²) in [6.45, 7) is 4.15. The molecule has 0 saturated heterocycles. The topological polar surface area (TPSA) is 55.4 Å². The Kier molecular flexibility index (Phi) is 6.61. The Morgan fingerprint density at radius 2 is 1.64 bits per heavy atom. The number of esters is 1. The van der Waals surface area contributed by atoms with Gasteiger partial charge >= 0.3 is 5.97 Å². The molecule has 0 spiro atoms.